The first-order valence-corrected chi connectivity index (χ1v) is 16.5. The van der Waals surface area contributed by atoms with E-state index in [9.17, 15) is 0 Å². The van der Waals surface area contributed by atoms with Crippen LogP contribution in [0.4, 0.5) is 0 Å². The summed E-state index contributed by atoms with van der Waals surface area (Å²) in [6.07, 6.45) is 0. The van der Waals surface area contributed by atoms with Crippen LogP contribution in [0.3, 0.4) is 0 Å². The lowest BCUT2D eigenvalue weighted by molar-refractivity contribution is 1.08. The molecule has 0 unspecified atom stereocenters. The van der Waals surface area contributed by atoms with Crippen molar-refractivity contribution in [2.75, 3.05) is 0 Å². The van der Waals surface area contributed by atoms with Crippen LogP contribution in [-0.4, -0.2) is 15.0 Å². The summed E-state index contributed by atoms with van der Waals surface area (Å²) in [5, 5.41) is 4.94. The summed E-state index contributed by atoms with van der Waals surface area (Å²) in [5.41, 5.74) is 7.50. The zero-order valence-corrected chi connectivity index (χ0v) is 26.2. The molecule has 0 amide bonds. The monoisotopic (exact) mass is 617 g/mol. The maximum Gasteiger partial charge on any atom is 0.165 e. The van der Waals surface area contributed by atoms with Gasteiger partial charge in [0.2, 0.25) is 0 Å². The third-order valence-electron chi connectivity index (χ3n) is 8.78. The molecule has 0 aliphatic heterocycles. The Bertz CT molecular complexity index is 2560. The molecule has 0 N–H and O–H groups in total. The summed E-state index contributed by atoms with van der Waals surface area (Å²) in [6, 6.07) is 57.4. The van der Waals surface area contributed by atoms with Gasteiger partial charge < -0.3 is 0 Å². The molecule has 220 valence electrons. The third-order valence-corrected chi connectivity index (χ3v) is 10.00. The lowest BCUT2D eigenvalue weighted by Gasteiger charge is -2.13. The average Bonchev–Trinajstić information content (AvgIpc) is 3.54. The topological polar surface area (TPSA) is 38.7 Å². The zero-order valence-electron chi connectivity index (χ0n) is 25.3. The largest absolute Gasteiger partial charge is 0.208 e. The van der Waals surface area contributed by atoms with Gasteiger partial charge in [0.25, 0.3) is 0 Å². The van der Waals surface area contributed by atoms with E-state index in [0.717, 1.165) is 33.4 Å². The van der Waals surface area contributed by atoms with E-state index in [4.69, 9.17) is 15.0 Å². The van der Waals surface area contributed by atoms with Crippen molar-refractivity contribution in [3.63, 3.8) is 0 Å². The van der Waals surface area contributed by atoms with Gasteiger partial charge in [-0.1, -0.05) is 152 Å². The van der Waals surface area contributed by atoms with Gasteiger partial charge in [0.15, 0.2) is 17.5 Å². The molecule has 2 aromatic heterocycles. The van der Waals surface area contributed by atoms with Crippen LogP contribution in [-0.2, 0) is 0 Å². The zero-order chi connectivity index (χ0) is 31.2. The highest BCUT2D eigenvalue weighted by Crippen LogP contribution is 2.40. The minimum absolute atomic E-state index is 0.649. The Balaban J connectivity index is 1.24. The fourth-order valence-electron chi connectivity index (χ4n) is 6.49. The number of rotatable bonds is 5. The molecule has 9 aromatic rings. The fraction of sp³-hybridized carbons (Fsp3) is 0. The van der Waals surface area contributed by atoms with Gasteiger partial charge in [-0.15, -0.1) is 11.3 Å². The van der Waals surface area contributed by atoms with E-state index in [0.29, 0.717) is 17.5 Å². The number of nitrogens with zero attached hydrogens (tertiary/aromatic N) is 3. The second-order valence-electron chi connectivity index (χ2n) is 11.6. The number of thiophene rings is 1. The van der Waals surface area contributed by atoms with Gasteiger partial charge in [-0.2, -0.15) is 0 Å². The van der Waals surface area contributed by atoms with Crippen molar-refractivity contribution in [3.8, 4) is 56.4 Å². The molecule has 0 spiro atoms. The first-order chi connectivity index (χ1) is 23.3. The van der Waals surface area contributed by atoms with Gasteiger partial charge in [0.05, 0.1) is 0 Å². The van der Waals surface area contributed by atoms with E-state index < -0.39 is 0 Å². The van der Waals surface area contributed by atoms with Gasteiger partial charge in [0.1, 0.15) is 0 Å². The minimum Gasteiger partial charge on any atom is -0.208 e. The van der Waals surface area contributed by atoms with Crippen LogP contribution in [0.5, 0.6) is 0 Å². The molecule has 2 heterocycles. The molecule has 0 saturated carbocycles. The molecular formula is C43H27N3S. The number of benzene rings is 7. The number of hydrogen-bond acceptors (Lipinski definition) is 4. The molecule has 4 heteroatoms. The smallest absolute Gasteiger partial charge is 0.165 e. The lowest BCUT2D eigenvalue weighted by atomic mass is 9.97. The van der Waals surface area contributed by atoms with Crippen LogP contribution < -0.4 is 0 Å². The van der Waals surface area contributed by atoms with Crippen LogP contribution in [0.25, 0.3) is 87.4 Å². The van der Waals surface area contributed by atoms with Crippen LogP contribution in [0.15, 0.2) is 164 Å². The maximum absolute atomic E-state index is 5.19. The van der Waals surface area contributed by atoms with E-state index in [1.165, 1.54) is 36.5 Å². The van der Waals surface area contributed by atoms with Gasteiger partial charge in [-0.25, -0.2) is 15.0 Å². The fourth-order valence-corrected chi connectivity index (χ4v) is 7.70. The Morgan fingerprint density at radius 1 is 0.319 bits per heavy atom. The molecule has 0 atom stereocenters. The van der Waals surface area contributed by atoms with Crippen LogP contribution in [0, 0.1) is 0 Å². The minimum atomic E-state index is 0.649. The summed E-state index contributed by atoms with van der Waals surface area (Å²) in [5.74, 6) is 1.97. The Kier molecular flexibility index (Phi) is 6.65. The molecule has 0 bridgehead atoms. The van der Waals surface area contributed by atoms with Gasteiger partial charge in [-0.05, 0) is 45.2 Å². The quantitative estimate of drug-likeness (QED) is 0.193. The Labute approximate surface area is 276 Å². The number of fused-ring (bicyclic) bond motifs is 4. The summed E-state index contributed by atoms with van der Waals surface area (Å²) >= 11 is 1.79. The van der Waals surface area contributed by atoms with Crippen molar-refractivity contribution in [1.82, 2.24) is 15.0 Å². The van der Waals surface area contributed by atoms with Crippen molar-refractivity contribution in [2.45, 2.75) is 0 Å². The molecule has 47 heavy (non-hydrogen) atoms. The second-order valence-corrected chi connectivity index (χ2v) is 12.7. The van der Waals surface area contributed by atoms with Crippen molar-refractivity contribution >= 4 is 42.3 Å². The second kappa shape index (κ2) is 11.4. The third kappa shape index (κ3) is 4.87. The molecule has 9 rings (SSSR count). The normalized spacial score (nSPS) is 11.4. The number of hydrogen-bond donors (Lipinski definition) is 0. The van der Waals surface area contributed by atoms with E-state index in [2.05, 4.69) is 158 Å². The molecule has 0 saturated heterocycles. The Hall–Kier alpha value is -5.97. The van der Waals surface area contributed by atoms with Crippen molar-refractivity contribution in [3.05, 3.63) is 164 Å². The SMILES string of the molecule is c1ccc(-c2ccccc2-c2nc(-c3ccc(-c4cccc5ccccc45)cc3)nc(-c3cccc4c3sc3ccccc34)n2)cc1. The Morgan fingerprint density at radius 3 is 1.70 bits per heavy atom. The first-order valence-electron chi connectivity index (χ1n) is 15.7. The highest BCUT2D eigenvalue weighted by molar-refractivity contribution is 7.26. The van der Waals surface area contributed by atoms with Crippen molar-refractivity contribution in [1.29, 1.82) is 0 Å². The van der Waals surface area contributed by atoms with E-state index in [1.54, 1.807) is 11.3 Å². The van der Waals surface area contributed by atoms with Gasteiger partial charge >= 0.3 is 0 Å². The van der Waals surface area contributed by atoms with Crippen molar-refractivity contribution < 1.29 is 0 Å². The predicted molar refractivity (Wildman–Crippen MR) is 197 cm³/mol. The molecular weight excluding hydrogens is 591 g/mol. The maximum atomic E-state index is 5.19. The molecule has 0 aliphatic carbocycles. The number of aromatic nitrogens is 3. The predicted octanol–water partition coefficient (Wildman–Crippen LogP) is 11.7. The summed E-state index contributed by atoms with van der Waals surface area (Å²) in [6.45, 7) is 0. The molecule has 0 fully saturated rings. The van der Waals surface area contributed by atoms with Crippen LogP contribution >= 0.6 is 11.3 Å². The lowest BCUT2D eigenvalue weighted by Crippen LogP contribution is -2.01. The summed E-state index contributed by atoms with van der Waals surface area (Å²) < 4.78 is 2.43. The molecule has 3 nitrogen and oxygen atoms in total. The van der Waals surface area contributed by atoms with E-state index >= 15 is 0 Å². The molecule has 7 aromatic carbocycles. The van der Waals surface area contributed by atoms with Crippen LogP contribution in [0.1, 0.15) is 0 Å². The van der Waals surface area contributed by atoms with Crippen molar-refractivity contribution in [2.24, 2.45) is 0 Å². The average molecular weight is 618 g/mol. The van der Waals surface area contributed by atoms with E-state index in [-0.39, 0.29) is 0 Å². The summed E-state index contributed by atoms with van der Waals surface area (Å²) in [4.78, 5) is 15.5. The summed E-state index contributed by atoms with van der Waals surface area (Å²) in [7, 11) is 0. The Morgan fingerprint density at radius 2 is 0.851 bits per heavy atom. The van der Waals surface area contributed by atoms with Gasteiger partial charge in [0, 0.05) is 36.9 Å². The standard InChI is InChI=1S/C43H27N3S/c1-2-12-28(13-3-1)34-17-6-7-19-37(34)42-44-41(31-26-24-30(25-27-31)33-20-10-15-29-14-4-5-16-32(29)33)45-43(46-42)38-22-11-21-36-35-18-8-9-23-39(35)47-40(36)38/h1-27H. The molecule has 0 aliphatic rings. The van der Waals surface area contributed by atoms with Crippen LogP contribution in [0.2, 0.25) is 0 Å². The highest BCUT2D eigenvalue weighted by atomic mass is 32.1. The molecule has 0 radical (unpaired) electrons. The highest BCUT2D eigenvalue weighted by Gasteiger charge is 2.18. The first kappa shape index (κ1) is 27.3. The van der Waals surface area contributed by atoms with E-state index in [1.807, 2.05) is 6.07 Å². The van der Waals surface area contributed by atoms with Gasteiger partial charge in [-0.3, -0.25) is 0 Å².